The number of rotatable bonds is 7. The van der Waals surface area contributed by atoms with E-state index in [0.29, 0.717) is 12.0 Å². The Bertz CT molecular complexity index is 732. The molecule has 1 aliphatic rings. The Morgan fingerprint density at radius 1 is 1.40 bits per heavy atom. The minimum atomic E-state index is -0.713. The fourth-order valence-corrected chi connectivity index (χ4v) is 3.18. The van der Waals surface area contributed by atoms with Gasteiger partial charge in [-0.05, 0) is 43.9 Å². The molecule has 0 fully saturated rings. The van der Waals surface area contributed by atoms with Crippen molar-refractivity contribution in [1.29, 1.82) is 0 Å². The summed E-state index contributed by atoms with van der Waals surface area (Å²) in [4.78, 5) is 16.5. The van der Waals surface area contributed by atoms with Crippen LogP contribution in [0.2, 0.25) is 0 Å². The molecule has 0 amide bonds. The maximum atomic E-state index is 11.2. The second-order valence-electron chi connectivity index (χ2n) is 6.45. The average molecular weight is 342 g/mol. The molecule has 5 heteroatoms. The molecule has 5 nitrogen and oxygen atoms in total. The van der Waals surface area contributed by atoms with Crippen molar-refractivity contribution in [2.45, 2.75) is 53.0 Å². The lowest BCUT2D eigenvalue weighted by Crippen LogP contribution is -2.26. The molecule has 1 aromatic rings. The van der Waals surface area contributed by atoms with E-state index >= 15 is 0 Å². The maximum Gasteiger partial charge on any atom is 0.241 e. The second-order valence-corrected chi connectivity index (χ2v) is 6.45. The molecule has 0 saturated heterocycles. The van der Waals surface area contributed by atoms with Crippen LogP contribution < -0.4 is 0 Å². The quantitative estimate of drug-likeness (QED) is 0.413. The van der Waals surface area contributed by atoms with Gasteiger partial charge < -0.3 is 4.84 Å². The van der Waals surface area contributed by atoms with E-state index in [1.165, 1.54) is 11.1 Å². The SMILES string of the molecule is CCCc1c(C)cccc1C(C)=NOCC1=C(C)C=CCC1[N+](=O)[O-]. The lowest BCUT2D eigenvalue weighted by molar-refractivity contribution is -0.512. The molecule has 0 bridgehead atoms. The molecule has 1 atom stereocenters. The first kappa shape index (κ1) is 18.9. The summed E-state index contributed by atoms with van der Waals surface area (Å²) < 4.78 is 0. The number of benzene rings is 1. The van der Waals surface area contributed by atoms with E-state index < -0.39 is 6.04 Å². The van der Waals surface area contributed by atoms with Crippen LogP contribution in [0.1, 0.15) is 50.3 Å². The Morgan fingerprint density at radius 2 is 2.16 bits per heavy atom. The van der Waals surface area contributed by atoms with Gasteiger partial charge in [0.2, 0.25) is 6.04 Å². The predicted molar refractivity (Wildman–Crippen MR) is 101 cm³/mol. The van der Waals surface area contributed by atoms with E-state index in [9.17, 15) is 10.1 Å². The number of aryl methyl sites for hydroxylation is 1. The van der Waals surface area contributed by atoms with E-state index in [-0.39, 0.29) is 11.5 Å². The molecular weight excluding hydrogens is 316 g/mol. The van der Waals surface area contributed by atoms with Crippen molar-refractivity contribution in [2.75, 3.05) is 6.61 Å². The van der Waals surface area contributed by atoms with Crippen LogP contribution in [-0.4, -0.2) is 23.3 Å². The van der Waals surface area contributed by atoms with Gasteiger partial charge in [0.1, 0.15) is 6.61 Å². The molecule has 25 heavy (non-hydrogen) atoms. The normalized spacial score (nSPS) is 17.8. The minimum Gasteiger partial charge on any atom is -0.391 e. The van der Waals surface area contributed by atoms with Crippen LogP contribution in [0, 0.1) is 17.0 Å². The van der Waals surface area contributed by atoms with Gasteiger partial charge in [-0.1, -0.05) is 48.9 Å². The Balaban J connectivity index is 2.16. The Labute approximate surface area is 149 Å². The Hall–Kier alpha value is -2.43. The van der Waals surface area contributed by atoms with Crippen molar-refractivity contribution in [3.63, 3.8) is 0 Å². The number of hydrogen-bond acceptors (Lipinski definition) is 4. The summed E-state index contributed by atoms with van der Waals surface area (Å²) >= 11 is 0. The van der Waals surface area contributed by atoms with E-state index in [1.807, 2.05) is 38.1 Å². The summed E-state index contributed by atoms with van der Waals surface area (Å²) in [5.74, 6) is 0. The molecule has 0 spiro atoms. The smallest absolute Gasteiger partial charge is 0.241 e. The molecule has 0 saturated carbocycles. The first-order valence-corrected chi connectivity index (χ1v) is 8.70. The van der Waals surface area contributed by atoms with Gasteiger partial charge in [-0.15, -0.1) is 0 Å². The Kier molecular flexibility index (Phi) is 6.51. The summed E-state index contributed by atoms with van der Waals surface area (Å²) in [7, 11) is 0. The first-order valence-electron chi connectivity index (χ1n) is 8.70. The zero-order valence-electron chi connectivity index (χ0n) is 15.4. The van der Waals surface area contributed by atoms with Gasteiger partial charge in [-0.2, -0.15) is 0 Å². The van der Waals surface area contributed by atoms with E-state index in [2.05, 4.69) is 25.1 Å². The standard InChI is InChI=1S/C20H26N2O3/c1-5-8-17-14(2)9-6-11-18(17)16(4)21-25-13-19-15(3)10-7-12-20(19)22(23)24/h6-7,9-11,20H,5,8,12-13H2,1-4H3. The summed E-state index contributed by atoms with van der Waals surface area (Å²) in [5, 5.41) is 15.5. The molecule has 1 aromatic carbocycles. The van der Waals surface area contributed by atoms with Crippen LogP contribution in [0.15, 0.2) is 46.7 Å². The topological polar surface area (TPSA) is 64.7 Å². The number of nitro groups is 1. The fraction of sp³-hybridized carbons (Fsp3) is 0.450. The van der Waals surface area contributed by atoms with Crippen molar-refractivity contribution in [3.8, 4) is 0 Å². The van der Waals surface area contributed by atoms with E-state index in [0.717, 1.165) is 29.7 Å². The molecule has 0 aliphatic heterocycles. The van der Waals surface area contributed by atoms with Crippen LogP contribution in [0.25, 0.3) is 0 Å². The maximum absolute atomic E-state index is 11.2. The second kappa shape index (κ2) is 8.60. The van der Waals surface area contributed by atoms with Crippen LogP contribution in [-0.2, 0) is 11.3 Å². The third-order valence-corrected chi connectivity index (χ3v) is 4.61. The van der Waals surface area contributed by atoms with Crippen LogP contribution in [0.4, 0.5) is 0 Å². The number of oxime groups is 1. The number of allylic oxidation sites excluding steroid dienone is 2. The van der Waals surface area contributed by atoms with E-state index in [1.54, 1.807) is 0 Å². The Morgan fingerprint density at radius 3 is 2.84 bits per heavy atom. The van der Waals surface area contributed by atoms with Crippen LogP contribution in [0.5, 0.6) is 0 Å². The molecule has 1 unspecified atom stereocenters. The zero-order chi connectivity index (χ0) is 18.4. The minimum absolute atomic E-state index is 0.147. The average Bonchev–Trinajstić information content (AvgIpc) is 2.57. The van der Waals surface area contributed by atoms with Gasteiger partial charge in [-0.3, -0.25) is 10.1 Å². The fourth-order valence-electron chi connectivity index (χ4n) is 3.18. The van der Waals surface area contributed by atoms with Gasteiger partial charge in [0.15, 0.2) is 0 Å². The largest absolute Gasteiger partial charge is 0.391 e. The third kappa shape index (κ3) is 4.56. The van der Waals surface area contributed by atoms with Crippen LogP contribution in [0.3, 0.4) is 0 Å². The molecule has 0 radical (unpaired) electrons. The summed E-state index contributed by atoms with van der Waals surface area (Å²) in [6.45, 7) is 8.20. The molecule has 134 valence electrons. The van der Waals surface area contributed by atoms with Crippen molar-refractivity contribution in [3.05, 3.63) is 68.3 Å². The van der Waals surface area contributed by atoms with Crippen LogP contribution >= 0.6 is 0 Å². The summed E-state index contributed by atoms with van der Waals surface area (Å²) in [5.41, 5.74) is 6.01. The molecule has 1 aliphatic carbocycles. The van der Waals surface area contributed by atoms with Gasteiger partial charge in [0.05, 0.1) is 5.71 Å². The highest BCUT2D eigenvalue weighted by atomic mass is 16.6. The lowest BCUT2D eigenvalue weighted by Gasteiger charge is -2.17. The third-order valence-electron chi connectivity index (χ3n) is 4.61. The molecule has 0 N–H and O–H groups in total. The molecule has 0 heterocycles. The molecule has 0 aromatic heterocycles. The van der Waals surface area contributed by atoms with Crippen molar-refractivity contribution < 1.29 is 9.76 Å². The molecule has 2 rings (SSSR count). The highest BCUT2D eigenvalue weighted by Gasteiger charge is 2.28. The summed E-state index contributed by atoms with van der Waals surface area (Å²) in [6, 6.07) is 5.46. The van der Waals surface area contributed by atoms with Gasteiger partial charge >= 0.3 is 0 Å². The van der Waals surface area contributed by atoms with Gasteiger partial charge in [0.25, 0.3) is 0 Å². The van der Waals surface area contributed by atoms with Crippen molar-refractivity contribution in [1.82, 2.24) is 0 Å². The van der Waals surface area contributed by atoms with Crippen molar-refractivity contribution >= 4 is 5.71 Å². The predicted octanol–water partition coefficient (Wildman–Crippen LogP) is 4.61. The highest BCUT2D eigenvalue weighted by Crippen LogP contribution is 2.22. The molecular formula is C20H26N2O3. The zero-order valence-corrected chi connectivity index (χ0v) is 15.4. The summed E-state index contributed by atoms with van der Waals surface area (Å²) in [6.07, 6.45) is 6.21. The lowest BCUT2D eigenvalue weighted by atomic mass is 9.95. The monoisotopic (exact) mass is 342 g/mol. The van der Waals surface area contributed by atoms with Gasteiger partial charge in [0, 0.05) is 22.5 Å². The number of nitrogens with zero attached hydrogens (tertiary/aromatic N) is 2. The van der Waals surface area contributed by atoms with Crippen molar-refractivity contribution in [2.24, 2.45) is 5.16 Å². The first-order chi connectivity index (χ1) is 12.0. The highest BCUT2D eigenvalue weighted by molar-refractivity contribution is 5.99. The van der Waals surface area contributed by atoms with Gasteiger partial charge in [-0.25, -0.2) is 0 Å². The number of hydrogen-bond donors (Lipinski definition) is 0. The van der Waals surface area contributed by atoms with E-state index in [4.69, 9.17) is 4.84 Å².